The highest BCUT2D eigenvalue weighted by atomic mass is 15.2. The van der Waals surface area contributed by atoms with Crippen LogP contribution in [0.5, 0.6) is 0 Å². The summed E-state index contributed by atoms with van der Waals surface area (Å²) in [5.41, 5.74) is 2.50. The molecule has 1 aliphatic heterocycles. The molecule has 1 aromatic heterocycles. The maximum Gasteiger partial charge on any atom is 0.148 e. The van der Waals surface area contributed by atoms with Gasteiger partial charge in [-0.1, -0.05) is 6.92 Å². The van der Waals surface area contributed by atoms with Crippen LogP contribution >= 0.6 is 0 Å². The maximum atomic E-state index is 4.27. The molecule has 82 valence electrons. The van der Waals surface area contributed by atoms with Crippen molar-refractivity contribution >= 4 is 5.82 Å². The number of aromatic nitrogens is 2. The van der Waals surface area contributed by atoms with E-state index in [0.29, 0.717) is 0 Å². The summed E-state index contributed by atoms with van der Waals surface area (Å²) in [5, 5.41) is 11.6. The number of nitrogens with one attached hydrogen (secondary N) is 1. The van der Waals surface area contributed by atoms with Crippen molar-refractivity contribution in [2.24, 2.45) is 0 Å². The van der Waals surface area contributed by atoms with Crippen molar-refractivity contribution in [2.75, 3.05) is 25.0 Å². The second-order valence-electron chi connectivity index (χ2n) is 3.85. The summed E-state index contributed by atoms with van der Waals surface area (Å²) >= 11 is 0. The van der Waals surface area contributed by atoms with Gasteiger partial charge in [0.2, 0.25) is 0 Å². The van der Waals surface area contributed by atoms with Crippen LogP contribution in [0.3, 0.4) is 0 Å². The Kier molecular flexibility index (Phi) is 3.16. The third-order valence-corrected chi connectivity index (χ3v) is 2.82. The van der Waals surface area contributed by atoms with Gasteiger partial charge in [-0.05, 0) is 25.1 Å². The predicted molar refractivity (Wildman–Crippen MR) is 60.9 cm³/mol. The lowest BCUT2D eigenvalue weighted by Gasteiger charge is -2.26. The molecule has 0 saturated heterocycles. The van der Waals surface area contributed by atoms with Gasteiger partial charge in [-0.2, -0.15) is 5.10 Å². The van der Waals surface area contributed by atoms with Crippen molar-refractivity contribution in [3.05, 3.63) is 17.3 Å². The van der Waals surface area contributed by atoms with Gasteiger partial charge < -0.3 is 5.32 Å². The standard InChI is InChI=1S/C11H18N4/c1-3-12-11-7-9-8-15(4-2)6-5-10(9)13-14-11/h7H,3-6,8H2,1-2H3,(H,12,14). The summed E-state index contributed by atoms with van der Waals surface area (Å²) in [5.74, 6) is 0.897. The number of rotatable bonds is 3. The Balaban J connectivity index is 2.19. The minimum Gasteiger partial charge on any atom is -0.369 e. The third kappa shape index (κ3) is 2.26. The maximum absolute atomic E-state index is 4.27. The van der Waals surface area contributed by atoms with E-state index < -0.39 is 0 Å². The van der Waals surface area contributed by atoms with Gasteiger partial charge in [-0.3, -0.25) is 4.90 Å². The van der Waals surface area contributed by atoms with Gasteiger partial charge in [0.1, 0.15) is 5.82 Å². The summed E-state index contributed by atoms with van der Waals surface area (Å²) < 4.78 is 0. The topological polar surface area (TPSA) is 41.1 Å². The highest BCUT2D eigenvalue weighted by Crippen LogP contribution is 2.18. The molecular weight excluding hydrogens is 188 g/mol. The van der Waals surface area contributed by atoms with Gasteiger partial charge in [-0.15, -0.1) is 5.10 Å². The van der Waals surface area contributed by atoms with E-state index >= 15 is 0 Å². The fourth-order valence-corrected chi connectivity index (χ4v) is 1.92. The Hall–Kier alpha value is -1.16. The monoisotopic (exact) mass is 206 g/mol. The van der Waals surface area contributed by atoms with Crippen molar-refractivity contribution in [3.8, 4) is 0 Å². The molecule has 0 amide bonds. The second-order valence-corrected chi connectivity index (χ2v) is 3.85. The first kappa shape index (κ1) is 10.4. The fraction of sp³-hybridized carbons (Fsp3) is 0.636. The first-order chi connectivity index (χ1) is 7.33. The van der Waals surface area contributed by atoms with Crippen LogP contribution in [-0.2, 0) is 13.0 Å². The lowest BCUT2D eigenvalue weighted by molar-refractivity contribution is 0.265. The number of nitrogens with zero attached hydrogens (tertiary/aromatic N) is 3. The molecule has 1 aromatic rings. The molecule has 0 saturated carbocycles. The van der Waals surface area contributed by atoms with Crippen LogP contribution in [-0.4, -0.2) is 34.7 Å². The van der Waals surface area contributed by atoms with Crippen LogP contribution < -0.4 is 5.32 Å². The van der Waals surface area contributed by atoms with E-state index in [9.17, 15) is 0 Å². The molecule has 0 aliphatic carbocycles. The zero-order valence-electron chi connectivity index (χ0n) is 9.45. The predicted octanol–water partition coefficient (Wildman–Crippen LogP) is 1.29. The molecule has 0 aromatic carbocycles. The largest absolute Gasteiger partial charge is 0.369 e. The van der Waals surface area contributed by atoms with Gasteiger partial charge in [0.15, 0.2) is 0 Å². The van der Waals surface area contributed by atoms with E-state index in [1.54, 1.807) is 0 Å². The second kappa shape index (κ2) is 4.57. The zero-order valence-corrected chi connectivity index (χ0v) is 9.45. The first-order valence-electron chi connectivity index (χ1n) is 5.65. The average molecular weight is 206 g/mol. The van der Waals surface area contributed by atoms with Crippen LogP contribution in [0.25, 0.3) is 0 Å². The Morgan fingerprint density at radius 2 is 2.27 bits per heavy atom. The number of likely N-dealkylation sites (N-methyl/N-ethyl adjacent to an activating group) is 1. The molecule has 0 spiro atoms. The van der Waals surface area contributed by atoms with Crippen LogP contribution in [0, 0.1) is 0 Å². The van der Waals surface area contributed by atoms with Gasteiger partial charge >= 0.3 is 0 Å². The quantitative estimate of drug-likeness (QED) is 0.809. The third-order valence-electron chi connectivity index (χ3n) is 2.82. The molecule has 15 heavy (non-hydrogen) atoms. The average Bonchev–Trinajstić information content (AvgIpc) is 2.28. The van der Waals surface area contributed by atoms with Crippen molar-refractivity contribution < 1.29 is 0 Å². The molecule has 1 aliphatic rings. The molecule has 0 radical (unpaired) electrons. The first-order valence-corrected chi connectivity index (χ1v) is 5.65. The molecular formula is C11H18N4. The number of hydrogen-bond acceptors (Lipinski definition) is 4. The molecule has 0 bridgehead atoms. The molecule has 4 nitrogen and oxygen atoms in total. The van der Waals surface area contributed by atoms with Crippen molar-refractivity contribution in [1.29, 1.82) is 0 Å². The molecule has 0 fully saturated rings. The summed E-state index contributed by atoms with van der Waals surface area (Å²) in [4.78, 5) is 2.43. The lowest BCUT2D eigenvalue weighted by Crippen LogP contribution is -2.31. The van der Waals surface area contributed by atoms with Crippen LogP contribution in [0.15, 0.2) is 6.07 Å². The van der Waals surface area contributed by atoms with E-state index in [1.807, 2.05) is 0 Å². The van der Waals surface area contributed by atoms with E-state index in [2.05, 4.69) is 40.3 Å². The minimum atomic E-state index is 0.894. The van der Waals surface area contributed by atoms with Crippen LogP contribution in [0.2, 0.25) is 0 Å². The van der Waals surface area contributed by atoms with Crippen molar-refractivity contribution in [3.63, 3.8) is 0 Å². The SMILES string of the molecule is CCNc1cc2c(nn1)CCN(CC)C2. The van der Waals surface area contributed by atoms with Crippen LogP contribution in [0.4, 0.5) is 5.82 Å². The Morgan fingerprint density at radius 1 is 1.40 bits per heavy atom. The molecule has 0 unspecified atom stereocenters. The van der Waals surface area contributed by atoms with Crippen molar-refractivity contribution in [2.45, 2.75) is 26.8 Å². The Labute approximate surface area is 90.7 Å². The van der Waals surface area contributed by atoms with Gasteiger partial charge in [0, 0.05) is 26.1 Å². The Bertz CT molecular complexity index is 337. The van der Waals surface area contributed by atoms with Gasteiger partial charge in [-0.25, -0.2) is 0 Å². The molecule has 2 heterocycles. The molecule has 1 N–H and O–H groups in total. The van der Waals surface area contributed by atoms with E-state index in [4.69, 9.17) is 0 Å². The highest BCUT2D eigenvalue weighted by Gasteiger charge is 2.16. The minimum absolute atomic E-state index is 0.894. The number of fused-ring (bicyclic) bond motifs is 1. The molecule has 4 heteroatoms. The molecule has 0 atom stereocenters. The zero-order chi connectivity index (χ0) is 10.7. The Morgan fingerprint density at radius 3 is 3.00 bits per heavy atom. The number of hydrogen-bond donors (Lipinski definition) is 1. The number of anilines is 1. The van der Waals surface area contributed by atoms with E-state index in [-0.39, 0.29) is 0 Å². The highest BCUT2D eigenvalue weighted by molar-refractivity contribution is 5.38. The normalized spacial score (nSPS) is 16.1. The summed E-state index contributed by atoms with van der Waals surface area (Å²) in [6.45, 7) is 8.39. The van der Waals surface area contributed by atoms with Gasteiger partial charge in [0.25, 0.3) is 0 Å². The lowest BCUT2D eigenvalue weighted by atomic mass is 10.1. The van der Waals surface area contributed by atoms with Crippen molar-refractivity contribution in [1.82, 2.24) is 15.1 Å². The smallest absolute Gasteiger partial charge is 0.148 e. The summed E-state index contributed by atoms with van der Waals surface area (Å²) in [6, 6.07) is 2.13. The van der Waals surface area contributed by atoms with E-state index in [1.165, 1.54) is 11.3 Å². The van der Waals surface area contributed by atoms with E-state index in [0.717, 1.165) is 38.4 Å². The fourth-order valence-electron chi connectivity index (χ4n) is 1.92. The summed E-state index contributed by atoms with van der Waals surface area (Å²) in [6.07, 6.45) is 1.03. The van der Waals surface area contributed by atoms with Crippen LogP contribution in [0.1, 0.15) is 25.1 Å². The molecule has 2 rings (SSSR count). The van der Waals surface area contributed by atoms with Gasteiger partial charge in [0.05, 0.1) is 5.69 Å². The summed E-state index contributed by atoms with van der Waals surface area (Å²) in [7, 11) is 0.